The first-order valence-electron chi connectivity index (χ1n) is 4.15. The van der Waals surface area contributed by atoms with Crippen LogP contribution in [-0.2, 0) is 0 Å². The van der Waals surface area contributed by atoms with E-state index in [0.717, 1.165) is 30.7 Å². The van der Waals surface area contributed by atoms with Crippen LogP contribution < -0.4 is 0 Å². The number of nitrogens with one attached hydrogen (secondary N) is 2. The van der Waals surface area contributed by atoms with Crippen molar-refractivity contribution in [2.24, 2.45) is 0 Å². The van der Waals surface area contributed by atoms with Gasteiger partial charge < -0.3 is 10.4 Å². The lowest BCUT2D eigenvalue weighted by atomic mass is 9.97. The van der Waals surface area contributed by atoms with E-state index in [1.165, 1.54) is 0 Å². The lowest BCUT2D eigenvalue weighted by molar-refractivity contribution is 0.877. The monoisotopic (exact) mass is 161 g/mol. The van der Waals surface area contributed by atoms with E-state index in [-0.39, 0.29) is 0 Å². The van der Waals surface area contributed by atoms with Gasteiger partial charge in [-0.15, -0.1) is 0 Å². The van der Waals surface area contributed by atoms with Crippen molar-refractivity contribution in [2.45, 2.75) is 19.3 Å². The van der Waals surface area contributed by atoms with Gasteiger partial charge in [-0.25, -0.2) is 4.98 Å². The number of nitrogens with zero attached hydrogens (tertiary/aromatic N) is 1. The van der Waals surface area contributed by atoms with Crippen LogP contribution in [0.4, 0.5) is 0 Å². The molecule has 0 saturated heterocycles. The molecule has 0 saturated carbocycles. The molecular weight excluding hydrogens is 150 g/mol. The molecule has 3 nitrogen and oxygen atoms in total. The summed E-state index contributed by atoms with van der Waals surface area (Å²) in [6, 6.07) is 0. The summed E-state index contributed by atoms with van der Waals surface area (Å²) in [6.07, 6.45) is 8.65. The molecule has 62 valence electrons. The van der Waals surface area contributed by atoms with Gasteiger partial charge >= 0.3 is 0 Å². The van der Waals surface area contributed by atoms with Gasteiger partial charge in [0.2, 0.25) is 0 Å². The Morgan fingerprint density at radius 1 is 1.50 bits per heavy atom. The molecule has 0 radical (unpaired) electrons. The molecule has 1 aliphatic rings. The predicted molar refractivity (Wildman–Crippen MR) is 48.1 cm³/mol. The van der Waals surface area contributed by atoms with Gasteiger partial charge in [-0.3, -0.25) is 0 Å². The number of hydrogen-bond acceptors (Lipinski definition) is 2. The van der Waals surface area contributed by atoms with Crippen LogP contribution in [0.3, 0.4) is 0 Å². The predicted octanol–water partition coefficient (Wildman–Crippen LogP) is 2.00. The van der Waals surface area contributed by atoms with E-state index in [4.69, 9.17) is 5.41 Å². The zero-order valence-corrected chi connectivity index (χ0v) is 6.80. The van der Waals surface area contributed by atoms with Gasteiger partial charge in [0.25, 0.3) is 0 Å². The Morgan fingerprint density at radius 3 is 3.08 bits per heavy atom. The van der Waals surface area contributed by atoms with Crippen molar-refractivity contribution in [3.63, 3.8) is 0 Å². The van der Waals surface area contributed by atoms with Gasteiger partial charge in [0, 0.05) is 23.7 Å². The molecule has 1 heterocycles. The molecule has 2 rings (SSSR count). The molecule has 0 bridgehead atoms. The summed E-state index contributed by atoms with van der Waals surface area (Å²) < 4.78 is 0. The molecule has 0 aliphatic heterocycles. The fourth-order valence-electron chi connectivity index (χ4n) is 1.44. The quantitative estimate of drug-likeness (QED) is 0.650. The maximum atomic E-state index is 7.69. The smallest absolute Gasteiger partial charge is 0.138 e. The molecule has 1 aliphatic carbocycles. The molecule has 2 N–H and O–H groups in total. The maximum absolute atomic E-state index is 7.69. The van der Waals surface area contributed by atoms with Crippen LogP contribution >= 0.6 is 0 Å². The average Bonchev–Trinajstić information content (AvgIpc) is 2.57. The molecule has 3 heteroatoms. The van der Waals surface area contributed by atoms with Crippen molar-refractivity contribution in [1.29, 1.82) is 5.41 Å². The molecule has 0 unspecified atom stereocenters. The normalized spacial score (nSPS) is 17.7. The van der Waals surface area contributed by atoms with E-state index in [1.807, 2.05) is 0 Å². The van der Waals surface area contributed by atoms with E-state index in [9.17, 15) is 0 Å². The molecule has 0 atom stereocenters. The average molecular weight is 161 g/mol. The van der Waals surface area contributed by atoms with Crippen molar-refractivity contribution in [1.82, 2.24) is 9.97 Å². The van der Waals surface area contributed by atoms with Crippen LogP contribution in [-0.4, -0.2) is 15.7 Å². The summed E-state index contributed by atoms with van der Waals surface area (Å²) in [4.78, 5) is 7.14. The highest BCUT2D eigenvalue weighted by Gasteiger charge is 2.12. The Kier molecular flexibility index (Phi) is 1.78. The number of H-pyrrole nitrogens is 1. The molecule has 1 aromatic rings. The minimum absolute atomic E-state index is 0.705. The number of hydrogen-bond donors (Lipinski definition) is 2. The molecule has 0 fully saturated rings. The van der Waals surface area contributed by atoms with Crippen LogP contribution in [0.25, 0.3) is 5.57 Å². The van der Waals surface area contributed by atoms with Gasteiger partial charge in [-0.05, 0) is 19.3 Å². The standard InChI is InChI=1S/C9H11N3/c10-8-4-2-1-3-7(8)9-11-5-6-12-9/h3,5-6,10H,1-2,4H2,(H,11,12). The second-order valence-corrected chi connectivity index (χ2v) is 2.93. The van der Waals surface area contributed by atoms with Crippen molar-refractivity contribution < 1.29 is 0 Å². The number of aromatic nitrogens is 2. The van der Waals surface area contributed by atoms with Gasteiger partial charge in [0.15, 0.2) is 0 Å². The fraction of sp³-hybridized carbons (Fsp3) is 0.333. The molecule has 0 spiro atoms. The van der Waals surface area contributed by atoms with Crippen LogP contribution in [0.15, 0.2) is 18.5 Å². The van der Waals surface area contributed by atoms with Crippen molar-refractivity contribution in [2.75, 3.05) is 0 Å². The first-order chi connectivity index (χ1) is 5.88. The van der Waals surface area contributed by atoms with Gasteiger partial charge in [0.05, 0.1) is 0 Å². The van der Waals surface area contributed by atoms with E-state index in [1.54, 1.807) is 12.4 Å². The van der Waals surface area contributed by atoms with E-state index in [2.05, 4.69) is 16.0 Å². The summed E-state index contributed by atoms with van der Waals surface area (Å²) >= 11 is 0. The molecule has 0 aromatic carbocycles. The minimum atomic E-state index is 0.705. The van der Waals surface area contributed by atoms with Crippen molar-refractivity contribution in [3.05, 3.63) is 24.3 Å². The lowest BCUT2D eigenvalue weighted by Gasteiger charge is -2.11. The summed E-state index contributed by atoms with van der Waals surface area (Å²) in [5.41, 5.74) is 1.68. The summed E-state index contributed by atoms with van der Waals surface area (Å²) in [5, 5.41) is 7.69. The van der Waals surface area contributed by atoms with Crippen molar-refractivity contribution in [3.8, 4) is 0 Å². The van der Waals surface area contributed by atoms with Crippen LogP contribution in [0.5, 0.6) is 0 Å². The number of allylic oxidation sites excluding steroid dienone is 2. The van der Waals surface area contributed by atoms with E-state index < -0.39 is 0 Å². The highest BCUT2D eigenvalue weighted by molar-refractivity contribution is 6.21. The number of imidazole rings is 1. The zero-order chi connectivity index (χ0) is 8.39. The van der Waals surface area contributed by atoms with E-state index >= 15 is 0 Å². The largest absolute Gasteiger partial charge is 0.345 e. The molecule has 0 amide bonds. The highest BCUT2D eigenvalue weighted by atomic mass is 14.9. The van der Waals surface area contributed by atoms with Gasteiger partial charge in [-0.1, -0.05) is 6.08 Å². The Labute approximate surface area is 71.0 Å². The Bertz CT molecular complexity index is 309. The molecular formula is C9H11N3. The molecule has 1 aromatic heterocycles. The zero-order valence-electron chi connectivity index (χ0n) is 6.80. The Hall–Kier alpha value is -1.38. The Balaban J connectivity index is 2.34. The number of aromatic amines is 1. The molecule has 12 heavy (non-hydrogen) atoms. The van der Waals surface area contributed by atoms with Crippen LogP contribution in [0, 0.1) is 5.41 Å². The SMILES string of the molecule is N=C1CCCC=C1c1ncc[nH]1. The number of rotatable bonds is 1. The lowest BCUT2D eigenvalue weighted by Crippen LogP contribution is -2.06. The van der Waals surface area contributed by atoms with Crippen LogP contribution in [0.2, 0.25) is 0 Å². The van der Waals surface area contributed by atoms with Gasteiger partial charge in [-0.2, -0.15) is 0 Å². The van der Waals surface area contributed by atoms with Crippen molar-refractivity contribution >= 4 is 11.3 Å². The van der Waals surface area contributed by atoms with Crippen LogP contribution in [0.1, 0.15) is 25.1 Å². The second kappa shape index (κ2) is 2.93. The highest BCUT2D eigenvalue weighted by Crippen LogP contribution is 2.20. The maximum Gasteiger partial charge on any atom is 0.138 e. The minimum Gasteiger partial charge on any atom is -0.345 e. The first kappa shape index (κ1) is 7.28. The topological polar surface area (TPSA) is 52.5 Å². The third-order valence-corrected chi connectivity index (χ3v) is 2.06. The van der Waals surface area contributed by atoms with Gasteiger partial charge in [0.1, 0.15) is 5.82 Å². The third kappa shape index (κ3) is 1.18. The first-order valence-corrected chi connectivity index (χ1v) is 4.15. The summed E-state index contributed by atoms with van der Waals surface area (Å²) in [7, 11) is 0. The summed E-state index contributed by atoms with van der Waals surface area (Å²) in [5.74, 6) is 0.833. The summed E-state index contributed by atoms with van der Waals surface area (Å²) in [6.45, 7) is 0. The fourth-order valence-corrected chi connectivity index (χ4v) is 1.44. The van der Waals surface area contributed by atoms with E-state index in [0.29, 0.717) is 5.71 Å². The Morgan fingerprint density at radius 2 is 2.42 bits per heavy atom. The third-order valence-electron chi connectivity index (χ3n) is 2.06. The second-order valence-electron chi connectivity index (χ2n) is 2.93.